The molecule has 3 nitrogen and oxygen atoms in total. The van der Waals surface area contributed by atoms with Crippen LogP contribution in [0.3, 0.4) is 0 Å². The lowest BCUT2D eigenvalue weighted by atomic mass is 10.2. The molecule has 0 amide bonds. The summed E-state index contributed by atoms with van der Waals surface area (Å²) in [6.07, 6.45) is 2.38. The predicted molar refractivity (Wildman–Crippen MR) is 60.9 cm³/mol. The van der Waals surface area contributed by atoms with E-state index in [0.717, 1.165) is 21.3 Å². The van der Waals surface area contributed by atoms with Gasteiger partial charge < -0.3 is 5.11 Å². The molecule has 1 aromatic heterocycles. The average Bonchev–Trinajstić information content (AvgIpc) is 3.02. The first-order valence-electron chi connectivity index (χ1n) is 4.90. The third kappa shape index (κ3) is 1.59. The Morgan fingerprint density at radius 3 is 2.80 bits per heavy atom. The molecule has 1 aromatic carbocycles. The number of hydrogen-bond donors (Lipinski definition) is 1. The van der Waals surface area contributed by atoms with Crippen molar-refractivity contribution in [2.24, 2.45) is 0 Å². The molecular formula is C11H9BrN2O. The number of fused-ring (bicyclic) bond motifs is 1. The van der Waals surface area contributed by atoms with Crippen molar-refractivity contribution in [1.29, 1.82) is 0 Å². The number of phenols is 1. The monoisotopic (exact) mass is 264 g/mol. The summed E-state index contributed by atoms with van der Waals surface area (Å²) >= 11 is 3.42. The number of halogens is 1. The minimum atomic E-state index is 0.242. The van der Waals surface area contributed by atoms with Crippen LogP contribution >= 0.6 is 15.9 Å². The normalized spacial score (nSPS) is 15.8. The van der Waals surface area contributed by atoms with E-state index in [1.807, 2.05) is 6.07 Å². The van der Waals surface area contributed by atoms with E-state index in [1.165, 1.54) is 12.8 Å². The molecule has 1 fully saturated rings. The third-order valence-corrected chi connectivity index (χ3v) is 3.20. The van der Waals surface area contributed by atoms with Gasteiger partial charge in [-0.3, -0.25) is 0 Å². The highest BCUT2D eigenvalue weighted by Crippen LogP contribution is 2.39. The molecule has 15 heavy (non-hydrogen) atoms. The summed E-state index contributed by atoms with van der Waals surface area (Å²) in [7, 11) is 0. The Labute approximate surface area is 95.3 Å². The van der Waals surface area contributed by atoms with Crippen LogP contribution in [-0.2, 0) is 0 Å². The van der Waals surface area contributed by atoms with Crippen molar-refractivity contribution in [2.45, 2.75) is 18.8 Å². The molecule has 1 saturated carbocycles. The molecule has 0 unspecified atom stereocenters. The molecule has 1 aliphatic carbocycles. The van der Waals surface area contributed by atoms with Gasteiger partial charge >= 0.3 is 0 Å². The summed E-state index contributed by atoms with van der Waals surface area (Å²) in [5.74, 6) is 1.70. The Balaban J connectivity index is 2.26. The molecule has 0 spiro atoms. The van der Waals surface area contributed by atoms with Gasteiger partial charge in [0.1, 0.15) is 16.2 Å². The largest absolute Gasteiger partial charge is 0.508 e. The number of hydrogen-bond acceptors (Lipinski definition) is 3. The number of rotatable bonds is 1. The van der Waals surface area contributed by atoms with Crippen LogP contribution in [0.5, 0.6) is 5.75 Å². The van der Waals surface area contributed by atoms with Crippen molar-refractivity contribution < 1.29 is 5.11 Å². The van der Waals surface area contributed by atoms with E-state index in [2.05, 4.69) is 25.9 Å². The summed E-state index contributed by atoms with van der Waals surface area (Å²) in [6.45, 7) is 0. The minimum Gasteiger partial charge on any atom is -0.508 e. The van der Waals surface area contributed by atoms with Crippen LogP contribution in [-0.4, -0.2) is 15.1 Å². The molecule has 76 valence electrons. The van der Waals surface area contributed by atoms with E-state index in [9.17, 15) is 5.11 Å². The molecule has 1 heterocycles. The van der Waals surface area contributed by atoms with Gasteiger partial charge in [0.25, 0.3) is 0 Å². The van der Waals surface area contributed by atoms with Gasteiger partial charge in [0.2, 0.25) is 0 Å². The number of nitrogens with zero attached hydrogens (tertiary/aromatic N) is 2. The zero-order valence-corrected chi connectivity index (χ0v) is 9.53. The summed E-state index contributed by atoms with van der Waals surface area (Å²) in [4.78, 5) is 8.89. The minimum absolute atomic E-state index is 0.242. The third-order valence-electron chi connectivity index (χ3n) is 2.59. The molecule has 4 heteroatoms. The average molecular weight is 265 g/mol. The van der Waals surface area contributed by atoms with Gasteiger partial charge in [-0.15, -0.1) is 0 Å². The highest BCUT2D eigenvalue weighted by atomic mass is 79.9. The fourth-order valence-electron chi connectivity index (χ4n) is 1.62. The smallest absolute Gasteiger partial charge is 0.133 e. The van der Waals surface area contributed by atoms with Crippen LogP contribution in [0.2, 0.25) is 0 Å². The maximum absolute atomic E-state index is 9.37. The van der Waals surface area contributed by atoms with E-state index >= 15 is 0 Å². The molecule has 0 radical (unpaired) electrons. The molecule has 0 atom stereocenters. The van der Waals surface area contributed by atoms with Crippen molar-refractivity contribution in [3.05, 3.63) is 28.6 Å². The Hall–Kier alpha value is -1.16. The van der Waals surface area contributed by atoms with Crippen LogP contribution in [0.15, 0.2) is 22.8 Å². The van der Waals surface area contributed by atoms with Gasteiger partial charge in [-0.25, -0.2) is 9.97 Å². The zero-order valence-electron chi connectivity index (χ0n) is 7.94. The lowest BCUT2D eigenvalue weighted by Gasteiger charge is -2.03. The van der Waals surface area contributed by atoms with Crippen LogP contribution in [0, 0.1) is 0 Å². The molecule has 1 N–H and O–H groups in total. The van der Waals surface area contributed by atoms with Crippen molar-refractivity contribution in [1.82, 2.24) is 9.97 Å². The second-order valence-corrected chi connectivity index (χ2v) is 4.60. The lowest BCUT2D eigenvalue weighted by Crippen LogP contribution is -1.94. The van der Waals surface area contributed by atoms with Gasteiger partial charge in [0.15, 0.2) is 0 Å². The van der Waals surface area contributed by atoms with E-state index in [0.29, 0.717) is 5.92 Å². The summed E-state index contributed by atoms with van der Waals surface area (Å²) in [5, 5.41) is 10.2. The molecule has 1 aliphatic rings. The molecule has 2 aromatic rings. The zero-order chi connectivity index (χ0) is 10.4. The summed E-state index contributed by atoms with van der Waals surface area (Å²) in [6, 6.07) is 5.15. The number of benzene rings is 1. The second-order valence-electron chi connectivity index (χ2n) is 3.85. The van der Waals surface area contributed by atoms with E-state index in [4.69, 9.17) is 0 Å². The van der Waals surface area contributed by atoms with Gasteiger partial charge in [-0.1, -0.05) is 0 Å². The highest BCUT2D eigenvalue weighted by Gasteiger charge is 2.27. The maximum atomic E-state index is 9.37. The quantitative estimate of drug-likeness (QED) is 0.806. The summed E-state index contributed by atoms with van der Waals surface area (Å²) in [5.41, 5.74) is 0.886. The number of aromatic hydroxyl groups is 1. The lowest BCUT2D eigenvalue weighted by molar-refractivity contribution is 0.476. The van der Waals surface area contributed by atoms with E-state index in [1.54, 1.807) is 12.1 Å². The fourth-order valence-corrected chi connectivity index (χ4v) is 2.12. The fraction of sp³-hybridized carbons (Fsp3) is 0.273. The standard InChI is InChI=1S/C11H9BrN2O/c12-10-8-5-7(15)3-4-9(8)13-11(14-10)6-1-2-6/h3-6,15H,1-2H2. The first-order chi connectivity index (χ1) is 7.24. The van der Waals surface area contributed by atoms with Gasteiger partial charge in [0, 0.05) is 11.3 Å². The van der Waals surface area contributed by atoms with Gasteiger partial charge in [-0.2, -0.15) is 0 Å². The van der Waals surface area contributed by atoms with Crippen LogP contribution in [0.4, 0.5) is 0 Å². The van der Waals surface area contributed by atoms with Crippen molar-refractivity contribution in [3.63, 3.8) is 0 Å². The van der Waals surface area contributed by atoms with E-state index in [-0.39, 0.29) is 5.75 Å². The molecule has 0 aliphatic heterocycles. The Morgan fingerprint density at radius 1 is 1.27 bits per heavy atom. The second kappa shape index (κ2) is 3.17. The van der Waals surface area contributed by atoms with Crippen LogP contribution < -0.4 is 0 Å². The first-order valence-corrected chi connectivity index (χ1v) is 5.69. The number of phenolic OH excluding ortho intramolecular Hbond substituents is 1. The maximum Gasteiger partial charge on any atom is 0.133 e. The van der Waals surface area contributed by atoms with E-state index < -0.39 is 0 Å². The van der Waals surface area contributed by atoms with Crippen LogP contribution in [0.1, 0.15) is 24.6 Å². The Bertz CT molecular complexity index is 537. The number of aromatic nitrogens is 2. The molecule has 0 saturated heterocycles. The van der Waals surface area contributed by atoms with Gasteiger partial charge in [0.05, 0.1) is 5.52 Å². The molecular weight excluding hydrogens is 256 g/mol. The van der Waals surface area contributed by atoms with Crippen molar-refractivity contribution in [3.8, 4) is 5.75 Å². The van der Waals surface area contributed by atoms with Crippen LogP contribution in [0.25, 0.3) is 10.9 Å². The van der Waals surface area contributed by atoms with Gasteiger partial charge in [-0.05, 0) is 47.0 Å². The first kappa shape index (κ1) is 9.09. The molecule has 0 bridgehead atoms. The Morgan fingerprint density at radius 2 is 2.07 bits per heavy atom. The summed E-state index contributed by atoms with van der Waals surface area (Å²) < 4.78 is 0.769. The highest BCUT2D eigenvalue weighted by molar-refractivity contribution is 9.10. The van der Waals surface area contributed by atoms with Crippen molar-refractivity contribution in [2.75, 3.05) is 0 Å². The van der Waals surface area contributed by atoms with Crippen molar-refractivity contribution >= 4 is 26.8 Å². The predicted octanol–water partition coefficient (Wildman–Crippen LogP) is 2.98. The molecule has 3 rings (SSSR count). The Kier molecular flexibility index (Phi) is 1.92. The topological polar surface area (TPSA) is 46.0 Å². The SMILES string of the molecule is Oc1ccc2nc(C3CC3)nc(Br)c2c1.